The van der Waals surface area contributed by atoms with Gasteiger partial charge in [0.1, 0.15) is 0 Å². The molecule has 0 amide bonds. The van der Waals surface area contributed by atoms with Crippen LogP contribution < -0.4 is 6.15 Å². The molecule has 0 aliphatic carbocycles. The monoisotopic (exact) mass is 166 g/mol. The second-order valence-electron chi connectivity index (χ2n) is 0.610. The van der Waals surface area contributed by atoms with Crippen LogP contribution in [0, 0.1) is 0 Å². The molecule has 0 saturated carbocycles. The zero-order valence-corrected chi connectivity index (χ0v) is 4.79. The topological polar surface area (TPSA) is 110 Å². The molecule has 0 rings (SSSR count). The smallest absolute Gasteiger partial charge is 0.414 e. The maximum Gasteiger partial charge on any atom is 0.414 e. The van der Waals surface area contributed by atoms with E-state index in [9.17, 15) is 0 Å². The molecule has 0 aliphatic heterocycles. The van der Waals surface area contributed by atoms with Crippen molar-refractivity contribution in [2.24, 2.45) is 0 Å². The third kappa shape index (κ3) is 9.05. The number of carboxylic acid groups (broad SMARTS) is 2. The van der Waals surface area contributed by atoms with Crippen LogP contribution in [0.4, 0.5) is 0 Å². The van der Waals surface area contributed by atoms with E-state index in [2.05, 4.69) is 0 Å². The van der Waals surface area contributed by atoms with Crippen LogP contribution in [0.25, 0.3) is 0 Å². The van der Waals surface area contributed by atoms with Crippen molar-refractivity contribution >= 4 is 11.9 Å². The Kier molecular flexibility index (Phi) is 12.5. The van der Waals surface area contributed by atoms with Crippen molar-refractivity contribution in [1.29, 1.82) is 0 Å². The van der Waals surface area contributed by atoms with Crippen molar-refractivity contribution in [1.82, 2.24) is 6.15 Å². The fraction of sp³-hybridized carbons (Fsp3) is 0. The molecule has 0 aromatic carbocycles. The first-order valence-electron chi connectivity index (χ1n) is 1.11. The summed E-state index contributed by atoms with van der Waals surface area (Å²) in [5, 5.41) is 14.8. The van der Waals surface area contributed by atoms with Gasteiger partial charge in [-0.2, -0.15) is 0 Å². The van der Waals surface area contributed by atoms with E-state index in [0.717, 1.165) is 0 Å². The Balaban J connectivity index is -0.000000125. The van der Waals surface area contributed by atoms with Crippen LogP contribution in [0.15, 0.2) is 0 Å². The molecular formula is C2H5CoNO4. The number of aliphatic carboxylic acids is 2. The molecule has 0 aromatic heterocycles. The summed E-state index contributed by atoms with van der Waals surface area (Å²) in [7, 11) is 0. The van der Waals surface area contributed by atoms with Gasteiger partial charge in [0.15, 0.2) is 0 Å². The molecule has 0 unspecified atom stereocenters. The third-order valence-corrected chi connectivity index (χ3v) is 0.183. The van der Waals surface area contributed by atoms with Crippen molar-refractivity contribution in [3.05, 3.63) is 0 Å². The van der Waals surface area contributed by atoms with Gasteiger partial charge in [0, 0.05) is 16.8 Å². The van der Waals surface area contributed by atoms with Crippen LogP contribution in [-0.4, -0.2) is 22.2 Å². The molecule has 0 aliphatic rings. The third-order valence-electron chi connectivity index (χ3n) is 0.183. The first-order valence-corrected chi connectivity index (χ1v) is 1.11. The molecule has 0 heterocycles. The van der Waals surface area contributed by atoms with Gasteiger partial charge in [0.2, 0.25) is 0 Å². The Morgan fingerprint density at radius 2 is 1.12 bits per heavy atom. The van der Waals surface area contributed by atoms with E-state index in [0.29, 0.717) is 0 Å². The standard InChI is InChI=1S/C2H2O4.Co.H3N/c3-1(4)2(5)6;;/h(H,3,4)(H,5,6);;1H3. The summed E-state index contributed by atoms with van der Waals surface area (Å²) in [6.07, 6.45) is 0. The van der Waals surface area contributed by atoms with Gasteiger partial charge in [-0.1, -0.05) is 0 Å². The molecular weight excluding hydrogens is 161 g/mol. The average molecular weight is 166 g/mol. The minimum atomic E-state index is -1.82. The molecule has 0 atom stereocenters. The van der Waals surface area contributed by atoms with Crippen molar-refractivity contribution in [2.45, 2.75) is 0 Å². The van der Waals surface area contributed by atoms with Gasteiger partial charge < -0.3 is 16.4 Å². The summed E-state index contributed by atoms with van der Waals surface area (Å²) in [4.78, 5) is 18.2. The summed E-state index contributed by atoms with van der Waals surface area (Å²) < 4.78 is 0. The van der Waals surface area contributed by atoms with E-state index >= 15 is 0 Å². The fourth-order valence-corrected chi connectivity index (χ4v) is 0. The van der Waals surface area contributed by atoms with E-state index in [1.54, 1.807) is 0 Å². The average Bonchev–Trinajstić information content (AvgIpc) is 1.36. The van der Waals surface area contributed by atoms with E-state index in [-0.39, 0.29) is 22.9 Å². The van der Waals surface area contributed by atoms with E-state index in [4.69, 9.17) is 19.8 Å². The first-order chi connectivity index (χ1) is 2.64. The molecule has 0 aromatic rings. The minimum absolute atomic E-state index is 0. The van der Waals surface area contributed by atoms with Crippen LogP contribution in [0.5, 0.6) is 0 Å². The van der Waals surface area contributed by atoms with Crippen LogP contribution in [0.2, 0.25) is 0 Å². The van der Waals surface area contributed by atoms with Crippen molar-refractivity contribution in [3.63, 3.8) is 0 Å². The van der Waals surface area contributed by atoms with Crippen molar-refractivity contribution in [3.8, 4) is 0 Å². The Morgan fingerprint density at radius 3 is 1.12 bits per heavy atom. The second kappa shape index (κ2) is 6.41. The maximum atomic E-state index is 9.10. The quantitative estimate of drug-likeness (QED) is 0.412. The van der Waals surface area contributed by atoms with Crippen LogP contribution in [0.1, 0.15) is 0 Å². The Labute approximate surface area is 55.5 Å². The summed E-state index contributed by atoms with van der Waals surface area (Å²) >= 11 is 0. The van der Waals surface area contributed by atoms with E-state index < -0.39 is 11.9 Å². The number of rotatable bonds is 0. The molecule has 5 N–H and O–H groups in total. The van der Waals surface area contributed by atoms with Crippen LogP contribution in [-0.2, 0) is 26.4 Å². The first kappa shape index (κ1) is 15.7. The molecule has 0 saturated heterocycles. The van der Waals surface area contributed by atoms with Crippen LogP contribution >= 0.6 is 0 Å². The number of carbonyl (C=O) groups is 2. The number of carboxylic acids is 2. The van der Waals surface area contributed by atoms with Crippen LogP contribution in [0.3, 0.4) is 0 Å². The van der Waals surface area contributed by atoms with E-state index in [1.165, 1.54) is 0 Å². The second-order valence-corrected chi connectivity index (χ2v) is 0.610. The molecule has 1 radical (unpaired) electrons. The fourth-order valence-electron chi connectivity index (χ4n) is 0. The Bertz CT molecular complexity index is 80.0. The number of hydrogen-bond donors (Lipinski definition) is 3. The largest absolute Gasteiger partial charge is 0.473 e. The molecule has 0 bridgehead atoms. The van der Waals surface area contributed by atoms with Gasteiger partial charge in [0.25, 0.3) is 0 Å². The predicted octanol–water partition coefficient (Wildman–Crippen LogP) is -0.685. The summed E-state index contributed by atoms with van der Waals surface area (Å²) in [6, 6.07) is 0. The van der Waals surface area contributed by atoms with Gasteiger partial charge in [-0.05, 0) is 0 Å². The molecule has 0 fully saturated rings. The van der Waals surface area contributed by atoms with Gasteiger partial charge in [0.05, 0.1) is 0 Å². The summed E-state index contributed by atoms with van der Waals surface area (Å²) in [5.74, 6) is -3.65. The zero-order chi connectivity index (χ0) is 5.15. The van der Waals surface area contributed by atoms with Gasteiger partial charge >= 0.3 is 11.9 Å². The molecule has 6 heteroatoms. The van der Waals surface area contributed by atoms with Gasteiger partial charge in [-0.3, -0.25) is 0 Å². The molecule has 0 spiro atoms. The van der Waals surface area contributed by atoms with Gasteiger partial charge in [-0.15, -0.1) is 0 Å². The Hall–Kier alpha value is -0.594. The van der Waals surface area contributed by atoms with Gasteiger partial charge in [-0.25, -0.2) is 9.59 Å². The minimum Gasteiger partial charge on any atom is -0.473 e. The van der Waals surface area contributed by atoms with Crippen molar-refractivity contribution in [2.75, 3.05) is 0 Å². The van der Waals surface area contributed by atoms with Crippen molar-refractivity contribution < 1.29 is 36.6 Å². The molecule has 8 heavy (non-hydrogen) atoms. The summed E-state index contributed by atoms with van der Waals surface area (Å²) in [6.45, 7) is 0. The molecule has 51 valence electrons. The van der Waals surface area contributed by atoms with E-state index in [1.807, 2.05) is 0 Å². The summed E-state index contributed by atoms with van der Waals surface area (Å²) in [5.41, 5.74) is 0. The SMILES string of the molecule is N.O=C(O)C(=O)O.[Co]. The molecule has 5 nitrogen and oxygen atoms in total. The number of hydrogen-bond acceptors (Lipinski definition) is 3. The Morgan fingerprint density at radius 1 is 1.00 bits per heavy atom. The maximum absolute atomic E-state index is 9.10. The predicted molar refractivity (Wildman–Crippen MR) is 20.3 cm³/mol. The zero-order valence-electron chi connectivity index (χ0n) is 3.75. The normalized spacial score (nSPS) is 5.50.